The van der Waals surface area contributed by atoms with Gasteiger partial charge in [0.15, 0.2) is 5.16 Å². The number of rotatable bonds is 6. The molecule has 150 valence electrons. The Morgan fingerprint density at radius 2 is 2.07 bits per heavy atom. The zero-order chi connectivity index (χ0) is 20.3. The Bertz CT molecular complexity index is 1150. The third-order valence-corrected chi connectivity index (χ3v) is 6.62. The lowest BCUT2D eigenvalue weighted by Crippen LogP contribution is -2.28. The van der Waals surface area contributed by atoms with Crippen LogP contribution >= 0.6 is 23.1 Å². The minimum atomic E-state index is -0.120. The molecule has 0 radical (unpaired) electrons. The molecule has 5 rings (SSSR count). The van der Waals surface area contributed by atoms with E-state index < -0.39 is 0 Å². The lowest BCUT2D eigenvalue weighted by molar-refractivity contribution is -0.130. The lowest BCUT2D eigenvalue weighted by atomic mass is 10.1. The van der Waals surface area contributed by atoms with E-state index >= 15 is 0 Å². The van der Waals surface area contributed by atoms with E-state index in [1.807, 2.05) is 64.5 Å². The van der Waals surface area contributed by atoms with Crippen LogP contribution in [-0.2, 0) is 4.79 Å². The van der Waals surface area contributed by atoms with Crippen molar-refractivity contribution in [1.82, 2.24) is 19.8 Å². The predicted octanol–water partition coefficient (Wildman–Crippen LogP) is 4.39. The molecule has 0 spiro atoms. The summed E-state index contributed by atoms with van der Waals surface area (Å²) in [5.41, 5.74) is 1.73. The SMILES string of the molecule is O=C(CSc1nncn1-c1ccccc1)N1N=C(c2ccco2)CC1c1cccs1. The fourth-order valence-corrected chi connectivity index (χ4v) is 4.91. The van der Waals surface area contributed by atoms with Crippen molar-refractivity contribution in [3.05, 3.63) is 83.2 Å². The molecule has 0 fully saturated rings. The van der Waals surface area contributed by atoms with Crippen molar-refractivity contribution >= 4 is 34.7 Å². The van der Waals surface area contributed by atoms with Gasteiger partial charge in [-0.3, -0.25) is 9.36 Å². The van der Waals surface area contributed by atoms with Crippen LogP contribution in [0.15, 0.2) is 87.2 Å². The first-order valence-electron chi connectivity index (χ1n) is 9.34. The van der Waals surface area contributed by atoms with Gasteiger partial charge in [-0.05, 0) is 35.7 Å². The number of hydrazone groups is 1. The fourth-order valence-electron chi connectivity index (χ4n) is 3.32. The summed E-state index contributed by atoms with van der Waals surface area (Å²) < 4.78 is 7.37. The van der Waals surface area contributed by atoms with Crippen molar-refractivity contribution in [2.24, 2.45) is 5.10 Å². The molecule has 1 aromatic carbocycles. The van der Waals surface area contributed by atoms with Crippen molar-refractivity contribution < 1.29 is 9.21 Å². The van der Waals surface area contributed by atoms with E-state index in [2.05, 4.69) is 15.3 Å². The summed E-state index contributed by atoms with van der Waals surface area (Å²) >= 11 is 2.98. The van der Waals surface area contributed by atoms with Crippen molar-refractivity contribution in [2.45, 2.75) is 17.6 Å². The van der Waals surface area contributed by atoms with Crippen LogP contribution in [-0.4, -0.2) is 37.1 Å². The number of thioether (sulfide) groups is 1. The number of carbonyl (C=O) groups is 1. The van der Waals surface area contributed by atoms with Gasteiger partial charge in [-0.1, -0.05) is 36.0 Å². The first kappa shape index (κ1) is 18.8. The highest BCUT2D eigenvalue weighted by atomic mass is 32.2. The molecular formula is C21H17N5O2S2. The third-order valence-electron chi connectivity index (χ3n) is 4.72. The van der Waals surface area contributed by atoms with Gasteiger partial charge < -0.3 is 4.42 Å². The van der Waals surface area contributed by atoms with Gasteiger partial charge in [0.05, 0.1) is 18.1 Å². The fraction of sp³-hybridized carbons (Fsp3) is 0.143. The number of benzene rings is 1. The van der Waals surface area contributed by atoms with Crippen molar-refractivity contribution in [3.8, 4) is 5.69 Å². The summed E-state index contributed by atoms with van der Waals surface area (Å²) in [7, 11) is 0. The van der Waals surface area contributed by atoms with E-state index in [0.29, 0.717) is 17.3 Å². The quantitative estimate of drug-likeness (QED) is 0.420. The largest absolute Gasteiger partial charge is 0.463 e. The van der Waals surface area contributed by atoms with Crippen LogP contribution in [0.5, 0.6) is 0 Å². The van der Waals surface area contributed by atoms with E-state index in [0.717, 1.165) is 16.3 Å². The molecule has 0 bridgehead atoms. The van der Waals surface area contributed by atoms with Crippen LogP contribution in [0, 0.1) is 0 Å². The van der Waals surface area contributed by atoms with E-state index in [1.165, 1.54) is 11.8 Å². The van der Waals surface area contributed by atoms with Crippen molar-refractivity contribution in [3.63, 3.8) is 0 Å². The summed E-state index contributed by atoms with van der Waals surface area (Å²) in [6.07, 6.45) is 3.90. The molecule has 4 aromatic rings. The van der Waals surface area contributed by atoms with Crippen LogP contribution in [0.4, 0.5) is 0 Å². The molecule has 1 amide bonds. The van der Waals surface area contributed by atoms with E-state index in [4.69, 9.17) is 4.42 Å². The molecular weight excluding hydrogens is 418 g/mol. The maximum absolute atomic E-state index is 13.1. The zero-order valence-electron chi connectivity index (χ0n) is 15.8. The van der Waals surface area contributed by atoms with Gasteiger partial charge in [0, 0.05) is 17.0 Å². The summed E-state index contributed by atoms with van der Waals surface area (Å²) in [5, 5.41) is 17.0. The number of furan rings is 1. The second kappa shape index (κ2) is 8.29. The van der Waals surface area contributed by atoms with Gasteiger partial charge in [-0.2, -0.15) is 5.10 Å². The van der Waals surface area contributed by atoms with Crippen LogP contribution in [0.2, 0.25) is 0 Å². The number of thiophene rings is 1. The van der Waals surface area contributed by atoms with E-state index in [1.54, 1.807) is 28.9 Å². The zero-order valence-corrected chi connectivity index (χ0v) is 17.4. The van der Waals surface area contributed by atoms with Crippen molar-refractivity contribution in [1.29, 1.82) is 0 Å². The number of amides is 1. The summed E-state index contributed by atoms with van der Waals surface area (Å²) in [6, 6.07) is 17.4. The van der Waals surface area contributed by atoms with Crippen LogP contribution in [0.3, 0.4) is 0 Å². The second-order valence-electron chi connectivity index (χ2n) is 6.61. The number of aromatic nitrogens is 3. The molecule has 0 saturated carbocycles. The smallest absolute Gasteiger partial charge is 0.253 e. The summed E-state index contributed by atoms with van der Waals surface area (Å²) in [5.74, 6) is 0.827. The average Bonchev–Trinajstić information content (AvgIpc) is 3.57. The molecule has 30 heavy (non-hydrogen) atoms. The lowest BCUT2D eigenvalue weighted by Gasteiger charge is -2.20. The molecule has 4 heterocycles. The second-order valence-corrected chi connectivity index (χ2v) is 8.53. The molecule has 3 aromatic heterocycles. The van der Waals surface area contributed by atoms with Crippen LogP contribution in [0.1, 0.15) is 23.1 Å². The van der Waals surface area contributed by atoms with Gasteiger partial charge in [0.25, 0.3) is 5.91 Å². The van der Waals surface area contributed by atoms with Gasteiger partial charge in [0.2, 0.25) is 0 Å². The summed E-state index contributed by atoms with van der Waals surface area (Å²) in [4.78, 5) is 14.2. The number of carbonyl (C=O) groups excluding carboxylic acids is 1. The molecule has 9 heteroatoms. The number of nitrogens with zero attached hydrogens (tertiary/aromatic N) is 5. The number of para-hydroxylation sites is 1. The average molecular weight is 436 g/mol. The Morgan fingerprint density at radius 3 is 2.83 bits per heavy atom. The Morgan fingerprint density at radius 1 is 1.17 bits per heavy atom. The van der Waals surface area contributed by atoms with E-state index in [9.17, 15) is 4.79 Å². The maximum Gasteiger partial charge on any atom is 0.253 e. The van der Waals surface area contributed by atoms with Gasteiger partial charge in [-0.25, -0.2) is 5.01 Å². The highest BCUT2D eigenvalue weighted by molar-refractivity contribution is 7.99. The molecule has 7 nitrogen and oxygen atoms in total. The van der Waals surface area contributed by atoms with Crippen molar-refractivity contribution in [2.75, 3.05) is 5.75 Å². The van der Waals surface area contributed by atoms with Gasteiger partial charge in [-0.15, -0.1) is 21.5 Å². The summed E-state index contributed by atoms with van der Waals surface area (Å²) in [6.45, 7) is 0. The Labute approximate surface area is 181 Å². The molecule has 0 aliphatic carbocycles. The third kappa shape index (κ3) is 3.69. The minimum absolute atomic E-state index is 0.0810. The Balaban J connectivity index is 1.35. The minimum Gasteiger partial charge on any atom is -0.463 e. The highest BCUT2D eigenvalue weighted by Gasteiger charge is 2.34. The van der Waals surface area contributed by atoms with Crippen LogP contribution in [0.25, 0.3) is 5.69 Å². The predicted molar refractivity (Wildman–Crippen MR) is 116 cm³/mol. The molecule has 1 atom stereocenters. The molecule has 0 N–H and O–H groups in total. The van der Waals surface area contributed by atoms with Crippen LogP contribution < -0.4 is 0 Å². The standard InChI is InChI=1S/C21H17N5O2S2/c27-20(13-30-21-23-22-14-25(21)15-6-2-1-3-7-15)26-17(19-9-5-11-29-19)12-16(24-26)18-8-4-10-28-18/h1-11,14,17H,12-13H2. The van der Waals surface area contributed by atoms with Gasteiger partial charge in [0.1, 0.15) is 17.8 Å². The molecule has 1 aliphatic rings. The first-order chi connectivity index (χ1) is 14.8. The molecule has 1 unspecified atom stereocenters. The highest BCUT2D eigenvalue weighted by Crippen LogP contribution is 2.36. The molecule has 0 saturated heterocycles. The first-order valence-corrected chi connectivity index (χ1v) is 11.2. The van der Waals surface area contributed by atoms with E-state index in [-0.39, 0.29) is 17.7 Å². The Kier molecular flexibility index (Phi) is 5.20. The van der Waals surface area contributed by atoms with Gasteiger partial charge >= 0.3 is 0 Å². The number of hydrogen-bond acceptors (Lipinski definition) is 7. The normalized spacial score (nSPS) is 16.1. The molecule has 1 aliphatic heterocycles. The monoisotopic (exact) mass is 435 g/mol. The number of hydrogen-bond donors (Lipinski definition) is 0. The Hall–Kier alpha value is -3.17. The maximum atomic E-state index is 13.1. The topological polar surface area (TPSA) is 76.5 Å².